The molecule has 176 valence electrons. The van der Waals surface area contributed by atoms with Gasteiger partial charge >= 0.3 is 5.91 Å². The molecule has 1 aliphatic heterocycles. The van der Waals surface area contributed by atoms with E-state index in [1.165, 1.54) is 41.5 Å². The van der Waals surface area contributed by atoms with Crippen molar-refractivity contribution in [3.05, 3.63) is 94.8 Å². The highest BCUT2D eigenvalue weighted by Crippen LogP contribution is 2.45. The van der Waals surface area contributed by atoms with Gasteiger partial charge in [-0.3, -0.25) is 14.5 Å². The third kappa shape index (κ3) is 3.85. The number of Topliss-reactive ketones (excluding diaryl/α,β-unsaturated/α-hetero) is 1. The van der Waals surface area contributed by atoms with Crippen molar-refractivity contribution in [1.82, 2.24) is 4.98 Å². The van der Waals surface area contributed by atoms with Crippen molar-refractivity contribution in [2.45, 2.75) is 19.4 Å². The second kappa shape index (κ2) is 8.96. The first-order valence-corrected chi connectivity index (χ1v) is 11.8. The lowest BCUT2D eigenvalue weighted by molar-refractivity contribution is -0.132. The van der Waals surface area contributed by atoms with Crippen LogP contribution >= 0.6 is 11.3 Å². The number of hydrogen-bond donors (Lipinski definition) is 1. The van der Waals surface area contributed by atoms with E-state index in [9.17, 15) is 14.7 Å². The Bertz CT molecular complexity index is 1490. The number of nitrogens with zero attached hydrogens (tertiary/aromatic N) is 2. The van der Waals surface area contributed by atoms with E-state index in [2.05, 4.69) is 4.98 Å². The van der Waals surface area contributed by atoms with Crippen molar-refractivity contribution in [2.24, 2.45) is 0 Å². The van der Waals surface area contributed by atoms with Gasteiger partial charge in [-0.05, 0) is 54.4 Å². The molecule has 1 N–H and O–H groups in total. The van der Waals surface area contributed by atoms with Gasteiger partial charge in [-0.15, -0.1) is 0 Å². The molecule has 1 amide bonds. The number of aliphatic hydroxyl groups is 1. The van der Waals surface area contributed by atoms with Crippen molar-refractivity contribution >= 4 is 44.1 Å². The first-order valence-electron chi connectivity index (χ1n) is 11.0. The molecule has 2 heterocycles. The number of rotatable bonds is 5. The number of carbonyl (C=O) groups is 2. The quantitative estimate of drug-likeness (QED) is 0.224. The monoisotopic (exact) mass is 488 g/mol. The standard InChI is InChI=1S/C27H21FN2O4S/c1-3-15-8-13-20-21(14-15)35-27(29-20)30-23(18-6-4-5-7-19(18)28)22(25(32)26(30)33)24(31)16-9-11-17(34-2)12-10-16/h4-14,23,31H,3H2,1-2H3/t23-/m1/s1. The maximum Gasteiger partial charge on any atom is 0.301 e. The Morgan fingerprint density at radius 1 is 1.11 bits per heavy atom. The fourth-order valence-electron chi connectivity index (χ4n) is 4.21. The van der Waals surface area contributed by atoms with E-state index in [1.807, 2.05) is 25.1 Å². The number of carbonyl (C=O) groups excluding carboxylic acids is 2. The van der Waals surface area contributed by atoms with Gasteiger partial charge in [0.15, 0.2) is 5.13 Å². The minimum absolute atomic E-state index is 0.0928. The zero-order valence-electron chi connectivity index (χ0n) is 19.0. The lowest BCUT2D eigenvalue weighted by Crippen LogP contribution is -2.29. The SMILES string of the molecule is CCc1ccc2nc(N3C(=O)C(=O)C(=C(O)c4ccc(OC)cc4)[C@H]3c3ccccc3F)sc2c1. The predicted molar refractivity (Wildman–Crippen MR) is 133 cm³/mol. The fraction of sp³-hybridized carbons (Fsp3) is 0.148. The maximum atomic E-state index is 15.0. The number of ether oxygens (including phenoxy) is 1. The molecule has 35 heavy (non-hydrogen) atoms. The van der Waals surface area contributed by atoms with Gasteiger partial charge in [-0.2, -0.15) is 0 Å². The summed E-state index contributed by atoms with van der Waals surface area (Å²) in [6.07, 6.45) is 0.838. The molecule has 1 atom stereocenters. The Morgan fingerprint density at radius 3 is 2.54 bits per heavy atom. The summed E-state index contributed by atoms with van der Waals surface area (Å²) < 4.78 is 21.0. The molecular formula is C27H21FN2O4S. The van der Waals surface area contributed by atoms with Crippen LogP contribution in [0.4, 0.5) is 9.52 Å². The molecule has 8 heteroatoms. The van der Waals surface area contributed by atoms with Gasteiger partial charge in [0, 0.05) is 11.1 Å². The number of anilines is 1. The molecule has 1 aliphatic rings. The van der Waals surface area contributed by atoms with Crippen LogP contribution in [0.3, 0.4) is 0 Å². The van der Waals surface area contributed by atoms with Gasteiger partial charge in [-0.25, -0.2) is 9.37 Å². The summed E-state index contributed by atoms with van der Waals surface area (Å²) in [7, 11) is 1.51. The predicted octanol–water partition coefficient (Wildman–Crippen LogP) is 5.63. The molecule has 0 unspecified atom stereocenters. The van der Waals surface area contributed by atoms with Crippen molar-refractivity contribution < 1.29 is 23.8 Å². The highest BCUT2D eigenvalue weighted by molar-refractivity contribution is 7.22. The summed E-state index contributed by atoms with van der Waals surface area (Å²) in [6, 6.07) is 16.9. The van der Waals surface area contributed by atoms with E-state index in [0.29, 0.717) is 16.8 Å². The van der Waals surface area contributed by atoms with Gasteiger partial charge in [0.05, 0.1) is 22.9 Å². The molecule has 0 bridgehead atoms. The summed E-state index contributed by atoms with van der Waals surface area (Å²) in [5.74, 6) is -2.20. The van der Waals surface area contributed by atoms with Crippen LogP contribution in [-0.2, 0) is 16.0 Å². The number of hydrogen-bond acceptors (Lipinski definition) is 6. The molecule has 1 aromatic heterocycles. The number of aryl methyl sites for hydroxylation is 1. The van der Waals surface area contributed by atoms with E-state index >= 15 is 4.39 Å². The van der Waals surface area contributed by atoms with Gasteiger partial charge in [0.25, 0.3) is 5.78 Å². The molecular weight excluding hydrogens is 467 g/mol. The van der Waals surface area contributed by atoms with Crippen LogP contribution in [0.5, 0.6) is 5.75 Å². The van der Waals surface area contributed by atoms with Crippen molar-refractivity contribution in [3.8, 4) is 5.75 Å². The first kappa shape index (κ1) is 22.7. The molecule has 0 spiro atoms. The normalized spacial score (nSPS) is 17.3. The van der Waals surface area contributed by atoms with E-state index in [-0.39, 0.29) is 16.3 Å². The summed E-state index contributed by atoms with van der Waals surface area (Å²) in [4.78, 5) is 32.3. The summed E-state index contributed by atoms with van der Waals surface area (Å²) in [5.41, 5.74) is 1.99. The molecule has 5 rings (SSSR count). The van der Waals surface area contributed by atoms with Crippen molar-refractivity contribution in [2.75, 3.05) is 12.0 Å². The number of thiazole rings is 1. The topological polar surface area (TPSA) is 79.7 Å². The maximum absolute atomic E-state index is 15.0. The Hall–Kier alpha value is -4.04. The van der Waals surface area contributed by atoms with Crippen LogP contribution < -0.4 is 9.64 Å². The lowest BCUT2D eigenvalue weighted by Gasteiger charge is -2.23. The van der Waals surface area contributed by atoms with E-state index in [0.717, 1.165) is 16.7 Å². The number of aromatic nitrogens is 1. The van der Waals surface area contributed by atoms with Crippen LogP contribution in [0.25, 0.3) is 16.0 Å². The van der Waals surface area contributed by atoms with Crippen LogP contribution in [0.15, 0.2) is 72.3 Å². The van der Waals surface area contributed by atoms with E-state index in [1.54, 1.807) is 30.3 Å². The van der Waals surface area contributed by atoms with Gasteiger partial charge < -0.3 is 9.84 Å². The molecule has 3 aromatic carbocycles. The second-order valence-corrected chi connectivity index (χ2v) is 9.08. The van der Waals surface area contributed by atoms with Gasteiger partial charge in [0.1, 0.15) is 23.4 Å². The Morgan fingerprint density at radius 2 is 1.86 bits per heavy atom. The molecule has 1 saturated heterocycles. The largest absolute Gasteiger partial charge is 0.507 e. The number of methoxy groups -OCH3 is 1. The molecule has 4 aromatic rings. The van der Waals surface area contributed by atoms with Crippen LogP contribution in [-0.4, -0.2) is 28.9 Å². The minimum Gasteiger partial charge on any atom is -0.507 e. The third-order valence-electron chi connectivity index (χ3n) is 6.06. The summed E-state index contributed by atoms with van der Waals surface area (Å²) in [5, 5.41) is 11.4. The lowest BCUT2D eigenvalue weighted by atomic mass is 9.95. The zero-order valence-corrected chi connectivity index (χ0v) is 19.8. The van der Waals surface area contributed by atoms with E-state index in [4.69, 9.17) is 4.74 Å². The highest BCUT2D eigenvalue weighted by atomic mass is 32.1. The molecule has 6 nitrogen and oxygen atoms in total. The number of fused-ring (bicyclic) bond motifs is 1. The number of benzene rings is 3. The highest BCUT2D eigenvalue weighted by Gasteiger charge is 2.49. The number of aliphatic hydroxyl groups excluding tert-OH is 1. The van der Waals surface area contributed by atoms with Gasteiger partial charge in [-0.1, -0.05) is 42.5 Å². The average Bonchev–Trinajstić information content (AvgIpc) is 3.41. The zero-order chi connectivity index (χ0) is 24.7. The number of amides is 1. The first-order chi connectivity index (χ1) is 16.9. The fourth-order valence-corrected chi connectivity index (χ4v) is 5.26. The third-order valence-corrected chi connectivity index (χ3v) is 7.08. The van der Waals surface area contributed by atoms with Crippen LogP contribution in [0.2, 0.25) is 0 Å². The Labute approximate surface area is 204 Å². The summed E-state index contributed by atoms with van der Waals surface area (Å²) >= 11 is 1.25. The minimum atomic E-state index is -1.18. The smallest absolute Gasteiger partial charge is 0.301 e. The van der Waals surface area contributed by atoms with Crippen LogP contribution in [0.1, 0.15) is 29.7 Å². The number of ketones is 1. The van der Waals surface area contributed by atoms with E-state index < -0.39 is 29.3 Å². The van der Waals surface area contributed by atoms with Crippen molar-refractivity contribution in [3.63, 3.8) is 0 Å². The van der Waals surface area contributed by atoms with Crippen LogP contribution in [0, 0.1) is 5.82 Å². The molecule has 1 fully saturated rings. The van der Waals surface area contributed by atoms with Gasteiger partial charge in [0.2, 0.25) is 0 Å². The summed E-state index contributed by atoms with van der Waals surface area (Å²) in [6.45, 7) is 2.04. The Kier molecular flexibility index (Phi) is 5.82. The average molecular weight is 489 g/mol. The molecule has 0 radical (unpaired) electrons. The molecule has 0 aliphatic carbocycles. The second-order valence-electron chi connectivity index (χ2n) is 8.07. The van der Waals surface area contributed by atoms with Crippen molar-refractivity contribution in [1.29, 1.82) is 0 Å². The molecule has 0 saturated carbocycles. The number of halogens is 1. The Balaban J connectivity index is 1.72.